The van der Waals surface area contributed by atoms with E-state index in [-0.39, 0.29) is 6.04 Å². The molecule has 0 fully saturated rings. The Hall–Kier alpha value is -2.33. The highest BCUT2D eigenvalue weighted by molar-refractivity contribution is 5.78. The molecule has 1 aromatic carbocycles. The van der Waals surface area contributed by atoms with Crippen molar-refractivity contribution in [3.05, 3.63) is 66.2 Å². The third kappa shape index (κ3) is 2.51. The van der Waals surface area contributed by atoms with Gasteiger partial charge in [-0.05, 0) is 42.8 Å². The van der Waals surface area contributed by atoms with Gasteiger partial charge in [0.05, 0.1) is 11.0 Å². The number of fused-ring (bicyclic) bond motifs is 1. The van der Waals surface area contributed by atoms with E-state index in [0.717, 1.165) is 17.5 Å². The first-order valence-electron chi connectivity index (χ1n) is 6.64. The molecule has 0 aliphatic heterocycles. The number of hydrogen-bond acceptors (Lipinski definition) is 4. The van der Waals surface area contributed by atoms with E-state index in [1.165, 1.54) is 11.1 Å². The second kappa shape index (κ2) is 5.75. The standard InChI is InChI=1S/C16H16N4/c1-17-15(11-12-5-7-18-8-6-12)13-3-2-4-14-16(13)20-10-9-19-14/h2-10,15,17H,11H2,1H3. The molecule has 4 nitrogen and oxygen atoms in total. The van der Waals surface area contributed by atoms with Gasteiger partial charge in [-0.1, -0.05) is 12.1 Å². The van der Waals surface area contributed by atoms with Crippen molar-refractivity contribution in [2.75, 3.05) is 7.05 Å². The van der Waals surface area contributed by atoms with Crippen LogP contribution >= 0.6 is 0 Å². The van der Waals surface area contributed by atoms with E-state index in [4.69, 9.17) is 0 Å². The Kier molecular flexibility index (Phi) is 3.65. The summed E-state index contributed by atoms with van der Waals surface area (Å²) in [6.45, 7) is 0. The average Bonchev–Trinajstić information content (AvgIpc) is 2.53. The minimum Gasteiger partial charge on any atom is -0.313 e. The Bertz CT molecular complexity index is 692. The van der Waals surface area contributed by atoms with Crippen LogP contribution in [-0.4, -0.2) is 22.0 Å². The van der Waals surface area contributed by atoms with Crippen LogP contribution in [0, 0.1) is 0 Å². The second-order valence-electron chi connectivity index (χ2n) is 4.67. The van der Waals surface area contributed by atoms with Crippen LogP contribution in [0.25, 0.3) is 11.0 Å². The lowest BCUT2D eigenvalue weighted by Crippen LogP contribution is -2.19. The molecule has 1 unspecified atom stereocenters. The van der Waals surface area contributed by atoms with Gasteiger partial charge in [-0.15, -0.1) is 0 Å². The molecule has 0 bridgehead atoms. The summed E-state index contributed by atoms with van der Waals surface area (Å²) < 4.78 is 0. The van der Waals surface area contributed by atoms with Gasteiger partial charge in [-0.3, -0.25) is 15.0 Å². The molecule has 0 aliphatic carbocycles. The fourth-order valence-electron chi connectivity index (χ4n) is 2.42. The van der Waals surface area contributed by atoms with Crippen LogP contribution in [0.4, 0.5) is 0 Å². The van der Waals surface area contributed by atoms with E-state index in [1.807, 2.05) is 43.7 Å². The summed E-state index contributed by atoms with van der Waals surface area (Å²) in [7, 11) is 1.97. The van der Waals surface area contributed by atoms with Crippen molar-refractivity contribution in [1.82, 2.24) is 20.3 Å². The van der Waals surface area contributed by atoms with Gasteiger partial charge in [0.1, 0.15) is 0 Å². The summed E-state index contributed by atoms with van der Waals surface area (Å²) in [4.78, 5) is 12.9. The molecular weight excluding hydrogens is 248 g/mol. The zero-order chi connectivity index (χ0) is 13.8. The van der Waals surface area contributed by atoms with Gasteiger partial charge in [-0.2, -0.15) is 0 Å². The minimum atomic E-state index is 0.206. The highest BCUT2D eigenvalue weighted by Gasteiger charge is 2.14. The van der Waals surface area contributed by atoms with Crippen LogP contribution in [0.15, 0.2) is 55.1 Å². The molecule has 100 valence electrons. The lowest BCUT2D eigenvalue weighted by Gasteiger charge is -2.18. The maximum Gasteiger partial charge on any atom is 0.0934 e. The van der Waals surface area contributed by atoms with E-state index >= 15 is 0 Å². The largest absolute Gasteiger partial charge is 0.313 e. The van der Waals surface area contributed by atoms with Gasteiger partial charge in [0.25, 0.3) is 0 Å². The third-order valence-corrected chi connectivity index (χ3v) is 3.44. The van der Waals surface area contributed by atoms with Gasteiger partial charge in [-0.25, -0.2) is 0 Å². The van der Waals surface area contributed by atoms with Gasteiger partial charge in [0.2, 0.25) is 0 Å². The molecule has 2 aromatic heterocycles. The predicted molar refractivity (Wildman–Crippen MR) is 79.3 cm³/mol. The molecule has 3 aromatic rings. The first-order chi connectivity index (χ1) is 9.88. The van der Waals surface area contributed by atoms with Crippen molar-refractivity contribution >= 4 is 11.0 Å². The highest BCUT2D eigenvalue weighted by atomic mass is 14.9. The smallest absolute Gasteiger partial charge is 0.0934 e. The van der Waals surface area contributed by atoms with Gasteiger partial charge >= 0.3 is 0 Å². The number of aromatic nitrogens is 3. The monoisotopic (exact) mass is 264 g/mol. The van der Waals surface area contributed by atoms with Crippen LogP contribution in [-0.2, 0) is 6.42 Å². The predicted octanol–water partition coefficient (Wildman–Crippen LogP) is 2.53. The van der Waals surface area contributed by atoms with Gasteiger partial charge in [0.15, 0.2) is 0 Å². The molecule has 1 atom stereocenters. The van der Waals surface area contributed by atoms with Crippen molar-refractivity contribution in [2.45, 2.75) is 12.5 Å². The van der Waals surface area contributed by atoms with Crippen molar-refractivity contribution in [3.63, 3.8) is 0 Å². The fourth-order valence-corrected chi connectivity index (χ4v) is 2.42. The van der Waals surface area contributed by atoms with Crippen LogP contribution < -0.4 is 5.32 Å². The molecule has 0 spiro atoms. The number of benzene rings is 1. The molecule has 0 aliphatic rings. The van der Waals surface area contributed by atoms with Crippen LogP contribution in [0.1, 0.15) is 17.2 Å². The van der Waals surface area contributed by atoms with Gasteiger partial charge in [0, 0.05) is 30.8 Å². The topological polar surface area (TPSA) is 50.7 Å². The molecule has 3 rings (SSSR count). The maximum absolute atomic E-state index is 4.48. The second-order valence-corrected chi connectivity index (χ2v) is 4.67. The zero-order valence-electron chi connectivity index (χ0n) is 11.3. The maximum atomic E-state index is 4.48. The molecule has 2 heterocycles. The third-order valence-electron chi connectivity index (χ3n) is 3.44. The summed E-state index contributed by atoms with van der Waals surface area (Å²) in [6.07, 6.45) is 8.01. The average molecular weight is 264 g/mol. The number of hydrogen-bond donors (Lipinski definition) is 1. The summed E-state index contributed by atoms with van der Waals surface area (Å²) >= 11 is 0. The zero-order valence-corrected chi connectivity index (χ0v) is 11.3. The van der Waals surface area contributed by atoms with E-state index in [9.17, 15) is 0 Å². The SMILES string of the molecule is CNC(Cc1ccncc1)c1cccc2nccnc12. The fraction of sp³-hybridized carbons (Fsp3) is 0.188. The van der Waals surface area contributed by atoms with Crippen LogP contribution in [0.3, 0.4) is 0 Å². The van der Waals surface area contributed by atoms with E-state index < -0.39 is 0 Å². The molecule has 0 amide bonds. The van der Waals surface area contributed by atoms with Crippen molar-refractivity contribution in [3.8, 4) is 0 Å². The normalized spacial score (nSPS) is 12.4. The summed E-state index contributed by atoms with van der Waals surface area (Å²) in [6, 6.07) is 10.4. The summed E-state index contributed by atoms with van der Waals surface area (Å²) in [5.41, 5.74) is 4.32. The highest BCUT2D eigenvalue weighted by Crippen LogP contribution is 2.23. The van der Waals surface area contributed by atoms with Crippen molar-refractivity contribution in [2.24, 2.45) is 0 Å². The molecule has 20 heavy (non-hydrogen) atoms. The van der Waals surface area contributed by atoms with E-state index in [2.05, 4.69) is 26.3 Å². The molecule has 0 radical (unpaired) electrons. The first-order valence-corrected chi connectivity index (χ1v) is 6.64. The Labute approximate surface area is 117 Å². The quantitative estimate of drug-likeness (QED) is 0.786. The van der Waals surface area contributed by atoms with Crippen LogP contribution in [0.2, 0.25) is 0 Å². The summed E-state index contributed by atoms with van der Waals surface area (Å²) in [5.74, 6) is 0. The Morgan fingerprint density at radius 1 is 1.00 bits per heavy atom. The van der Waals surface area contributed by atoms with Crippen LogP contribution in [0.5, 0.6) is 0 Å². The lowest BCUT2D eigenvalue weighted by molar-refractivity contribution is 0.595. The summed E-state index contributed by atoms with van der Waals surface area (Å²) in [5, 5.41) is 3.37. The Balaban J connectivity index is 1.99. The molecule has 4 heteroatoms. The molecule has 0 saturated carbocycles. The van der Waals surface area contributed by atoms with E-state index in [1.54, 1.807) is 12.4 Å². The number of rotatable bonds is 4. The van der Waals surface area contributed by atoms with Gasteiger partial charge < -0.3 is 5.32 Å². The Morgan fingerprint density at radius 3 is 2.60 bits per heavy atom. The Morgan fingerprint density at radius 2 is 1.80 bits per heavy atom. The number of nitrogens with zero attached hydrogens (tertiary/aromatic N) is 3. The van der Waals surface area contributed by atoms with Crippen molar-refractivity contribution in [1.29, 1.82) is 0 Å². The van der Waals surface area contributed by atoms with Crippen molar-refractivity contribution < 1.29 is 0 Å². The molecule has 1 N–H and O–H groups in total. The van der Waals surface area contributed by atoms with E-state index in [0.29, 0.717) is 0 Å². The molecular formula is C16H16N4. The number of para-hydroxylation sites is 1. The first kappa shape index (κ1) is 12.7. The number of likely N-dealkylation sites (N-methyl/N-ethyl adjacent to an activating group) is 1. The minimum absolute atomic E-state index is 0.206. The lowest BCUT2D eigenvalue weighted by atomic mass is 9.98. The number of pyridine rings is 1. The number of nitrogens with one attached hydrogen (secondary N) is 1. The molecule has 0 saturated heterocycles.